The maximum absolute atomic E-state index is 13.7. The van der Waals surface area contributed by atoms with E-state index in [9.17, 15) is 9.59 Å². The molecule has 7 heteroatoms. The number of nitrogens with one attached hydrogen (secondary N) is 1. The zero-order chi connectivity index (χ0) is 29.9. The van der Waals surface area contributed by atoms with Gasteiger partial charge in [0.25, 0.3) is 5.91 Å². The number of amides is 1. The molecule has 1 atom stereocenters. The Morgan fingerprint density at radius 2 is 1.57 bits per heavy atom. The Kier molecular flexibility index (Phi) is 11.6. The summed E-state index contributed by atoms with van der Waals surface area (Å²) in [5, 5.41) is 2.94. The van der Waals surface area contributed by atoms with Gasteiger partial charge in [0.15, 0.2) is 0 Å². The number of esters is 1. The highest BCUT2D eigenvalue weighted by Crippen LogP contribution is 2.31. The smallest absolute Gasteiger partial charge is 0.328 e. The van der Waals surface area contributed by atoms with Crippen LogP contribution in [0.3, 0.4) is 0 Å². The van der Waals surface area contributed by atoms with Gasteiger partial charge in [0.2, 0.25) is 0 Å². The van der Waals surface area contributed by atoms with Crippen LogP contribution in [0.5, 0.6) is 0 Å². The molecular weight excluding hydrogens is 561 g/mol. The number of thioether (sulfide) groups is 2. The van der Waals surface area contributed by atoms with Crippen molar-refractivity contribution < 1.29 is 14.3 Å². The SMILES string of the molecule is COC(=O)C(CCSC)NC(=O)c1ccc(CN(Cc2ccccc2)c2cccc(SC)c2)cc1-c1ccccc1C. The van der Waals surface area contributed by atoms with Crippen LogP contribution in [-0.4, -0.2) is 43.3 Å². The second-order valence-electron chi connectivity index (χ2n) is 10.1. The van der Waals surface area contributed by atoms with E-state index in [-0.39, 0.29) is 5.91 Å². The highest BCUT2D eigenvalue weighted by Gasteiger charge is 2.24. The van der Waals surface area contributed by atoms with Crippen molar-refractivity contribution in [2.75, 3.05) is 30.3 Å². The van der Waals surface area contributed by atoms with Crippen LogP contribution in [0, 0.1) is 6.92 Å². The van der Waals surface area contributed by atoms with Gasteiger partial charge in [-0.1, -0.05) is 66.7 Å². The number of hydrogen-bond donors (Lipinski definition) is 1. The van der Waals surface area contributed by atoms with Gasteiger partial charge in [0.05, 0.1) is 7.11 Å². The number of carbonyl (C=O) groups is 2. The third kappa shape index (κ3) is 8.20. The van der Waals surface area contributed by atoms with Crippen molar-refractivity contribution in [1.29, 1.82) is 0 Å². The van der Waals surface area contributed by atoms with Crippen LogP contribution in [0.4, 0.5) is 5.69 Å². The minimum Gasteiger partial charge on any atom is -0.467 e. The van der Waals surface area contributed by atoms with Gasteiger partial charge in [0.1, 0.15) is 6.04 Å². The molecule has 42 heavy (non-hydrogen) atoms. The summed E-state index contributed by atoms with van der Waals surface area (Å²) in [7, 11) is 1.35. The molecule has 0 aliphatic heterocycles. The van der Waals surface area contributed by atoms with E-state index in [1.807, 2.05) is 42.7 Å². The van der Waals surface area contributed by atoms with Crippen LogP contribution < -0.4 is 10.2 Å². The molecule has 4 rings (SSSR count). The largest absolute Gasteiger partial charge is 0.467 e. The molecule has 0 bridgehead atoms. The van der Waals surface area contributed by atoms with E-state index in [1.165, 1.54) is 17.6 Å². The Morgan fingerprint density at radius 1 is 0.833 bits per heavy atom. The van der Waals surface area contributed by atoms with Gasteiger partial charge < -0.3 is 15.0 Å². The first kappa shape index (κ1) is 31.3. The Bertz CT molecular complexity index is 1490. The number of anilines is 1. The van der Waals surface area contributed by atoms with Gasteiger partial charge in [-0.05, 0) is 89.8 Å². The second-order valence-corrected chi connectivity index (χ2v) is 11.9. The fourth-order valence-corrected chi connectivity index (χ4v) is 5.84. The third-order valence-corrected chi connectivity index (χ3v) is 8.54. The summed E-state index contributed by atoms with van der Waals surface area (Å²) >= 11 is 3.35. The van der Waals surface area contributed by atoms with Crippen LogP contribution >= 0.6 is 23.5 Å². The standard InChI is InChI=1S/C35H38N2O3S2/c1-25-11-8-9-16-30(25)32-21-27(17-18-31(32)34(38)36-33(19-20-41-3)35(39)40-2)24-37(23-26-12-6-5-7-13-26)28-14-10-15-29(22-28)42-4/h5-18,21-22,33H,19-20,23-24H2,1-4H3,(H,36,38). The van der Waals surface area contributed by atoms with Crippen LogP contribution in [0.25, 0.3) is 11.1 Å². The van der Waals surface area contributed by atoms with E-state index >= 15 is 0 Å². The van der Waals surface area contributed by atoms with Crippen LogP contribution in [-0.2, 0) is 22.6 Å². The lowest BCUT2D eigenvalue weighted by Gasteiger charge is -2.26. The average molecular weight is 599 g/mol. The number of carbonyl (C=O) groups excluding carboxylic acids is 2. The molecule has 0 heterocycles. The predicted octanol–water partition coefficient (Wildman–Crippen LogP) is 7.62. The quantitative estimate of drug-likeness (QED) is 0.126. The molecule has 0 aliphatic carbocycles. The maximum Gasteiger partial charge on any atom is 0.328 e. The lowest BCUT2D eigenvalue weighted by molar-refractivity contribution is -0.142. The number of hydrogen-bond acceptors (Lipinski definition) is 6. The first-order valence-electron chi connectivity index (χ1n) is 13.9. The van der Waals surface area contributed by atoms with Crippen molar-refractivity contribution >= 4 is 41.1 Å². The Hall–Kier alpha value is -3.68. The van der Waals surface area contributed by atoms with Crippen LogP contribution in [0.2, 0.25) is 0 Å². The van der Waals surface area contributed by atoms with Crippen molar-refractivity contribution in [2.45, 2.75) is 37.4 Å². The van der Waals surface area contributed by atoms with Crippen molar-refractivity contribution in [2.24, 2.45) is 0 Å². The predicted molar refractivity (Wildman–Crippen MR) is 177 cm³/mol. The van der Waals surface area contributed by atoms with Crippen LogP contribution in [0.15, 0.2) is 102 Å². The summed E-state index contributed by atoms with van der Waals surface area (Å²) < 4.78 is 4.98. The van der Waals surface area contributed by atoms with Gasteiger partial charge in [0, 0.05) is 29.2 Å². The minimum absolute atomic E-state index is 0.287. The number of benzene rings is 4. The van der Waals surface area contributed by atoms with Gasteiger partial charge in [-0.3, -0.25) is 4.79 Å². The lowest BCUT2D eigenvalue weighted by Crippen LogP contribution is -2.42. The molecule has 1 unspecified atom stereocenters. The zero-order valence-electron chi connectivity index (χ0n) is 24.6. The molecular formula is C35H38N2O3S2. The van der Waals surface area contributed by atoms with Crippen molar-refractivity contribution in [1.82, 2.24) is 5.32 Å². The topological polar surface area (TPSA) is 58.6 Å². The fourth-order valence-electron chi connectivity index (χ4n) is 4.92. The van der Waals surface area contributed by atoms with Crippen LogP contribution in [0.1, 0.15) is 33.5 Å². The normalized spacial score (nSPS) is 11.5. The van der Waals surface area contributed by atoms with E-state index in [0.717, 1.165) is 40.2 Å². The zero-order valence-corrected chi connectivity index (χ0v) is 26.3. The number of methoxy groups -OCH3 is 1. The fraction of sp³-hybridized carbons (Fsp3) is 0.257. The summed E-state index contributed by atoms with van der Waals surface area (Å²) in [4.78, 5) is 29.7. The highest BCUT2D eigenvalue weighted by atomic mass is 32.2. The number of aryl methyl sites for hydroxylation is 1. The van der Waals surface area contributed by atoms with Crippen molar-refractivity contribution in [3.05, 3.63) is 119 Å². The Morgan fingerprint density at radius 3 is 2.29 bits per heavy atom. The summed E-state index contributed by atoms with van der Waals surface area (Å²) in [6, 6.07) is 32.4. The second kappa shape index (κ2) is 15.5. The van der Waals surface area contributed by atoms with E-state index in [0.29, 0.717) is 18.5 Å². The maximum atomic E-state index is 13.7. The molecule has 0 radical (unpaired) electrons. The van der Waals surface area contributed by atoms with E-state index in [4.69, 9.17) is 4.74 Å². The molecule has 5 nitrogen and oxygen atoms in total. The molecule has 4 aromatic carbocycles. The van der Waals surface area contributed by atoms with Gasteiger partial charge in [-0.2, -0.15) is 11.8 Å². The first-order chi connectivity index (χ1) is 20.4. The monoisotopic (exact) mass is 598 g/mol. The van der Waals surface area contributed by atoms with Gasteiger partial charge in [-0.25, -0.2) is 4.79 Å². The molecule has 0 aliphatic rings. The molecule has 0 saturated carbocycles. The molecule has 218 valence electrons. The summed E-state index contributed by atoms with van der Waals surface area (Å²) in [6.45, 7) is 3.46. The number of ether oxygens (including phenoxy) is 1. The van der Waals surface area contributed by atoms with E-state index < -0.39 is 12.0 Å². The Balaban J connectivity index is 1.72. The molecule has 1 amide bonds. The van der Waals surface area contributed by atoms with E-state index in [1.54, 1.807) is 23.5 Å². The average Bonchev–Trinajstić information content (AvgIpc) is 3.03. The first-order valence-corrected chi connectivity index (χ1v) is 16.5. The van der Waals surface area contributed by atoms with Gasteiger partial charge >= 0.3 is 5.97 Å². The Labute approximate surface area is 258 Å². The lowest BCUT2D eigenvalue weighted by atomic mass is 9.93. The molecule has 1 N–H and O–H groups in total. The molecule has 0 fully saturated rings. The number of nitrogens with zero attached hydrogens (tertiary/aromatic N) is 1. The highest BCUT2D eigenvalue weighted by molar-refractivity contribution is 7.98. The van der Waals surface area contributed by atoms with Crippen molar-refractivity contribution in [3.63, 3.8) is 0 Å². The minimum atomic E-state index is -0.704. The molecule has 0 spiro atoms. The third-order valence-electron chi connectivity index (χ3n) is 7.17. The summed E-state index contributed by atoms with van der Waals surface area (Å²) in [6.07, 6.45) is 4.56. The van der Waals surface area contributed by atoms with Gasteiger partial charge in [-0.15, -0.1) is 11.8 Å². The molecule has 0 aromatic heterocycles. The van der Waals surface area contributed by atoms with Crippen molar-refractivity contribution in [3.8, 4) is 11.1 Å². The molecule has 4 aromatic rings. The molecule has 0 saturated heterocycles. The summed E-state index contributed by atoms with van der Waals surface area (Å²) in [5.74, 6) is 0.0131. The number of rotatable bonds is 13. The summed E-state index contributed by atoms with van der Waals surface area (Å²) in [5.41, 5.74) is 6.88. The van der Waals surface area contributed by atoms with E-state index in [2.05, 4.69) is 84.1 Å².